The maximum absolute atomic E-state index is 14.5. The predicted molar refractivity (Wildman–Crippen MR) is 210 cm³/mol. The van der Waals surface area contributed by atoms with E-state index in [1.807, 2.05) is 62.4 Å². The molecule has 4 bridgehead atoms. The fraction of sp³-hybridized carbons (Fsp3) is 0.488. The maximum Gasteiger partial charge on any atom is 0.315 e. The monoisotopic (exact) mass is 786 g/mol. The van der Waals surface area contributed by atoms with Crippen molar-refractivity contribution in [2.75, 3.05) is 20.2 Å². The minimum atomic E-state index is -3.90. The number of rotatable bonds is 9. The molecule has 2 aromatic carbocycles. The molecule has 0 radical (unpaired) electrons. The van der Waals surface area contributed by atoms with E-state index in [1.165, 1.54) is 11.0 Å². The Morgan fingerprint density at radius 2 is 1.88 bits per heavy atom. The third-order valence-electron chi connectivity index (χ3n) is 11.3. The minimum Gasteiger partial charge on any atom is -0.496 e. The first-order chi connectivity index (χ1) is 26.8. The average Bonchev–Trinajstić information content (AvgIpc) is 4.11. The number of aromatic nitrogens is 1. The number of hydrogen-bond acceptors (Lipinski definition) is 9. The Labute approximate surface area is 327 Å². The van der Waals surface area contributed by atoms with E-state index in [1.54, 1.807) is 7.11 Å². The van der Waals surface area contributed by atoms with Crippen molar-refractivity contribution in [1.29, 1.82) is 0 Å². The van der Waals surface area contributed by atoms with Crippen LogP contribution in [0.1, 0.15) is 64.4 Å². The van der Waals surface area contributed by atoms with E-state index in [0.29, 0.717) is 42.1 Å². The van der Waals surface area contributed by atoms with Crippen LogP contribution in [0.15, 0.2) is 61.2 Å². The number of pyridine rings is 1. The van der Waals surface area contributed by atoms with E-state index in [-0.39, 0.29) is 25.3 Å². The van der Waals surface area contributed by atoms with Crippen LogP contribution in [0, 0.1) is 11.8 Å². The number of fused-ring (bicyclic) bond motifs is 3. The van der Waals surface area contributed by atoms with Crippen molar-refractivity contribution in [1.82, 2.24) is 30.6 Å². The molecule has 5 atom stereocenters. The summed E-state index contributed by atoms with van der Waals surface area (Å²) in [6, 6.07) is 12.9. The smallest absolute Gasteiger partial charge is 0.315 e. The molecular formula is C41H50N6O8S. The van der Waals surface area contributed by atoms with Gasteiger partial charge in [-0.2, -0.15) is 0 Å². The summed E-state index contributed by atoms with van der Waals surface area (Å²) in [6.07, 6.45) is 5.09. The van der Waals surface area contributed by atoms with E-state index in [2.05, 4.69) is 27.3 Å². The van der Waals surface area contributed by atoms with Crippen molar-refractivity contribution in [3.05, 3.63) is 66.7 Å². The average molecular weight is 787 g/mol. The van der Waals surface area contributed by atoms with E-state index in [4.69, 9.17) is 14.5 Å². The normalized spacial score (nSPS) is 25.7. The summed E-state index contributed by atoms with van der Waals surface area (Å²) < 4.78 is 40.3. The molecule has 7 rings (SSSR count). The number of sulfonamides is 1. The first-order valence-corrected chi connectivity index (χ1v) is 21.0. The number of methoxy groups -OCH3 is 1. The Hall–Kier alpha value is -5.18. The van der Waals surface area contributed by atoms with Crippen molar-refractivity contribution in [3.63, 3.8) is 0 Å². The summed E-state index contributed by atoms with van der Waals surface area (Å²) in [5.74, 6) is -1.59. The zero-order valence-electron chi connectivity index (χ0n) is 32.0. The molecule has 56 heavy (non-hydrogen) atoms. The minimum absolute atomic E-state index is 0.00290. The molecule has 2 saturated carbocycles. The topological polar surface area (TPSA) is 185 Å². The molecule has 14 nitrogen and oxygen atoms in total. The summed E-state index contributed by atoms with van der Waals surface area (Å²) in [7, 11) is -2.27. The van der Waals surface area contributed by atoms with Gasteiger partial charge in [0.2, 0.25) is 21.8 Å². The molecule has 0 unspecified atom stereocenters. The molecule has 4 aliphatic rings. The number of benzene rings is 2. The highest BCUT2D eigenvalue weighted by molar-refractivity contribution is 7.91. The van der Waals surface area contributed by atoms with E-state index in [0.717, 1.165) is 42.2 Å². The first-order valence-electron chi connectivity index (χ1n) is 19.4. The lowest BCUT2D eigenvalue weighted by molar-refractivity contribution is -0.141. The van der Waals surface area contributed by atoms with Crippen molar-refractivity contribution in [2.24, 2.45) is 11.8 Å². The number of aryl methyl sites for hydroxylation is 1. The van der Waals surface area contributed by atoms with Gasteiger partial charge >= 0.3 is 6.03 Å². The molecule has 4 N–H and O–H groups in total. The van der Waals surface area contributed by atoms with E-state index >= 15 is 0 Å². The Morgan fingerprint density at radius 3 is 2.55 bits per heavy atom. The van der Waals surface area contributed by atoms with Crippen LogP contribution in [0.5, 0.6) is 11.5 Å². The molecular weight excluding hydrogens is 737 g/mol. The number of carbonyl (C=O) groups is 4. The Morgan fingerprint density at radius 1 is 1.11 bits per heavy atom. The Balaban J connectivity index is 1.26. The predicted octanol–water partition coefficient (Wildman–Crippen LogP) is 3.98. The molecule has 5 amide bonds. The highest BCUT2D eigenvalue weighted by Crippen LogP contribution is 2.46. The van der Waals surface area contributed by atoms with Gasteiger partial charge in [-0.25, -0.2) is 18.2 Å². The van der Waals surface area contributed by atoms with Gasteiger partial charge in [-0.1, -0.05) is 56.7 Å². The van der Waals surface area contributed by atoms with Crippen molar-refractivity contribution < 1.29 is 37.1 Å². The van der Waals surface area contributed by atoms with Crippen LogP contribution in [0.4, 0.5) is 4.79 Å². The number of carbonyl (C=O) groups excluding carboxylic acids is 4. The summed E-state index contributed by atoms with van der Waals surface area (Å²) in [4.78, 5) is 62.0. The first kappa shape index (κ1) is 39.1. The summed E-state index contributed by atoms with van der Waals surface area (Å²) in [5.41, 5.74) is 1.62. The molecule has 2 aliphatic carbocycles. The molecule has 3 heterocycles. The van der Waals surface area contributed by atoms with Gasteiger partial charge < -0.3 is 30.3 Å². The summed E-state index contributed by atoms with van der Waals surface area (Å²) >= 11 is 0. The van der Waals surface area contributed by atoms with Crippen LogP contribution < -0.4 is 30.1 Å². The second-order valence-electron chi connectivity index (χ2n) is 15.6. The standard InChI is InChI=1S/C41H50N6O8S/c1-5-27-22-41(27,39(50)46-56(52,53)29-15-16-29)45-37(48)33-19-28-23-47(33)38(49)36(24(2)3)44-40(51)42-17-11-7-10-14-26-18-30-32(21-34(26)54-4)43-31(20-35(30)55-28)25-12-8-6-9-13-25/h5-6,8-9,12-13,18,20-21,24,27-29,33,36H,1,7,10-11,14-17,19,22-23H2,2-4H3,(H,45,48)(H,46,50)(H2,42,44,51)/t27-,28-,33+,36+,41-/m1/s1. The van der Waals surface area contributed by atoms with Crippen LogP contribution in [0.3, 0.4) is 0 Å². The van der Waals surface area contributed by atoms with Crippen LogP contribution in [-0.2, 0) is 30.8 Å². The van der Waals surface area contributed by atoms with Gasteiger partial charge in [0.05, 0.1) is 30.1 Å². The molecule has 3 fully saturated rings. The number of amides is 5. The van der Waals surface area contributed by atoms with Crippen molar-refractivity contribution in [3.8, 4) is 22.8 Å². The molecule has 1 saturated heterocycles. The number of nitrogens with zero attached hydrogens (tertiary/aromatic N) is 2. The molecule has 298 valence electrons. The lowest BCUT2D eigenvalue weighted by atomic mass is 10.0. The number of hydrogen-bond donors (Lipinski definition) is 4. The summed E-state index contributed by atoms with van der Waals surface area (Å²) in [5, 5.41) is 8.64. The van der Waals surface area contributed by atoms with Crippen LogP contribution in [0.2, 0.25) is 0 Å². The third kappa shape index (κ3) is 8.04. The fourth-order valence-corrected chi connectivity index (χ4v) is 9.15. The van der Waals surface area contributed by atoms with Gasteiger partial charge in [0, 0.05) is 42.0 Å². The van der Waals surface area contributed by atoms with Gasteiger partial charge in [0.1, 0.15) is 35.2 Å². The largest absolute Gasteiger partial charge is 0.496 e. The molecule has 0 spiro atoms. The zero-order chi connectivity index (χ0) is 39.8. The lowest BCUT2D eigenvalue weighted by Gasteiger charge is -2.31. The highest BCUT2D eigenvalue weighted by atomic mass is 32.2. The third-order valence-corrected chi connectivity index (χ3v) is 13.1. The number of urea groups is 1. The number of ether oxygens (including phenoxy) is 2. The second kappa shape index (κ2) is 15.8. The van der Waals surface area contributed by atoms with Crippen LogP contribution in [0.25, 0.3) is 22.2 Å². The molecule has 15 heteroatoms. The fourth-order valence-electron chi connectivity index (χ4n) is 7.78. The molecule has 1 aromatic heterocycles. The zero-order valence-corrected chi connectivity index (χ0v) is 32.8. The summed E-state index contributed by atoms with van der Waals surface area (Å²) in [6.45, 7) is 7.83. The van der Waals surface area contributed by atoms with Crippen LogP contribution in [-0.4, -0.2) is 91.2 Å². The second-order valence-corrected chi connectivity index (χ2v) is 17.6. The number of nitrogens with one attached hydrogen (secondary N) is 4. The lowest BCUT2D eigenvalue weighted by Crippen LogP contribution is -2.59. The van der Waals surface area contributed by atoms with Crippen LogP contribution >= 0.6 is 0 Å². The highest BCUT2D eigenvalue weighted by Gasteiger charge is 2.62. The van der Waals surface area contributed by atoms with Gasteiger partial charge in [-0.05, 0) is 56.1 Å². The van der Waals surface area contributed by atoms with Gasteiger partial charge in [0.25, 0.3) is 5.91 Å². The Kier molecular flexibility index (Phi) is 11.0. The van der Waals surface area contributed by atoms with Gasteiger partial charge in [-0.3, -0.25) is 19.1 Å². The van der Waals surface area contributed by atoms with Gasteiger partial charge in [0.15, 0.2) is 0 Å². The van der Waals surface area contributed by atoms with Crippen molar-refractivity contribution in [2.45, 2.75) is 94.2 Å². The van der Waals surface area contributed by atoms with E-state index < -0.39 is 68.7 Å². The molecule has 3 aromatic rings. The molecule has 2 aliphatic heterocycles. The van der Waals surface area contributed by atoms with E-state index in [9.17, 15) is 27.6 Å². The maximum atomic E-state index is 14.5. The quantitative estimate of drug-likeness (QED) is 0.233. The SMILES string of the molecule is C=C[C@@H]1C[C@]1(NC(=O)[C@@H]1C[C@@H]2CN1C(=O)[C@H](C(C)C)NC(=O)NCCCCCc1cc3c(cc(-c4ccccc4)nc3cc1OC)O2)C(=O)NS(=O)(=O)C1CC1. The van der Waals surface area contributed by atoms with Gasteiger partial charge in [-0.15, -0.1) is 6.58 Å². The van der Waals surface area contributed by atoms with Crippen molar-refractivity contribution >= 4 is 44.7 Å². The Bertz CT molecular complexity index is 2140.